The van der Waals surface area contributed by atoms with Gasteiger partial charge < -0.3 is 16.0 Å². The number of guanidine groups is 1. The van der Waals surface area contributed by atoms with Crippen molar-refractivity contribution in [3.05, 3.63) is 29.3 Å². The van der Waals surface area contributed by atoms with Gasteiger partial charge >= 0.3 is 6.18 Å². The largest absolute Gasteiger partial charge is 0.391 e. The molecule has 3 rings (SSSR count). The molecular formula is C19H27F3N4. The zero-order valence-corrected chi connectivity index (χ0v) is 15.3. The molecule has 3 N–H and O–H groups in total. The number of rotatable bonds is 3. The maximum atomic E-state index is 12.7. The van der Waals surface area contributed by atoms with Crippen LogP contribution in [0.4, 0.5) is 18.9 Å². The van der Waals surface area contributed by atoms with Crippen molar-refractivity contribution in [3.8, 4) is 0 Å². The molecule has 144 valence electrons. The van der Waals surface area contributed by atoms with Gasteiger partial charge in [-0.1, -0.05) is 6.07 Å². The zero-order chi connectivity index (χ0) is 18.9. The molecule has 1 heterocycles. The Morgan fingerprint density at radius 1 is 1.12 bits per heavy atom. The lowest BCUT2D eigenvalue weighted by molar-refractivity contribution is -0.187. The molecule has 0 atom stereocenters. The first-order valence-electron chi connectivity index (χ1n) is 9.20. The molecular weight excluding hydrogens is 341 g/mol. The first kappa shape index (κ1) is 19.0. The van der Waals surface area contributed by atoms with Gasteiger partial charge in [0.1, 0.15) is 0 Å². The van der Waals surface area contributed by atoms with Crippen molar-refractivity contribution in [1.29, 1.82) is 0 Å². The molecule has 1 aromatic rings. The predicted octanol–water partition coefficient (Wildman–Crippen LogP) is 3.84. The molecule has 7 heteroatoms. The van der Waals surface area contributed by atoms with Crippen LogP contribution in [-0.2, 0) is 0 Å². The molecule has 4 nitrogen and oxygen atoms in total. The minimum atomic E-state index is -4.05. The van der Waals surface area contributed by atoms with E-state index in [1.807, 2.05) is 26.0 Å². The standard InChI is InChI=1S/C19H27F3N4/c1-12-7-13(2)9-15(8-12)24-18(23)25-16-10-17(11-16)26-5-3-14(4-6-26)19(20,21)22/h7-9,14,16-17H,3-6,10-11H2,1-2H3,(H3,23,24,25). The Hall–Kier alpha value is -1.76. The smallest absolute Gasteiger partial charge is 0.370 e. The van der Waals surface area contributed by atoms with Crippen LogP contribution in [0.2, 0.25) is 0 Å². The summed E-state index contributed by atoms with van der Waals surface area (Å²) in [6.45, 7) is 5.12. The minimum Gasteiger partial charge on any atom is -0.370 e. The first-order valence-corrected chi connectivity index (χ1v) is 9.20. The van der Waals surface area contributed by atoms with Crippen molar-refractivity contribution in [2.75, 3.05) is 18.4 Å². The molecule has 1 aromatic carbocycles. The maximum Gasteiger partial charge on any atom is 0.391 e. The molecule has 0 aromatic heterocycles. The molecule has 1 aliphatic heterocycles. The lowest BCUT2D eigenvalue weighted by Gasteiger charge is -2.44. The molecule has 0 spiro atoms. The fraction of sp³-hybridized carbons (Fsp3) is 0.632. The second-order valence-electron chi connectivity index (χ2n) is 7.65. The second-order valence-corrected chi connectivity index (χ2v) is 7.65. The Bertz CT molecular complexity index is 637. The van der Waals surface area contributed by atoms with E-state index in [2.05, 4.69) is 21.3 Å². The van der Waals surface area contributed by atoms with Gasteiger partial charge in [-0.25, -0.2) is 4.99 Å². The molecule has 2 aliphatic rings. The Morgan fingerprint density at radius 3 is 2.23 bits per heavy atom. The lowest BCUT2D eigenvalue weighted by Crippen LogP contribution is -2.51. The minimum absolute atomic E-state index is 0.152. The number of alkyl halides is 3. The molecule has 0 radical (unpaired) electrons. The number of nitrogens with one attached hydrogen (secondary N) is 1. The van der Waals surface area contributed by atoms with Crippen molar-refractivity contribution in [3.63, 3.8) is 0 Å². The molecule has 1 saturated carbocycles. The summed E-state index contributed by atoms with van der Waals surface area (Å²) in [6, 6.07) is 6.62. The van der Waals surface area contributed by atoms with Crippen LogP contribution in [0.5, 0.6) is 0 Å². The van der Waals surface area contributed by atoms with Crippen LogP contribution in [0, 0.1) is 19.8 Å². The van der Waals surface area contributed by atoms with Crippen LogP contribution in [-0.4, -0.2) is 42.2 Å². The van der Waals surface area contributed by atoms with Crippen LogP contribution >= 0.6 is 0 Å². The first-order chi connectivity index (χ1) is 12.2. The molecule has 1 aliphatic carbocycles. The number of likely N-dealkylation sites (tertiary alicyclic amines) is 1. The SMILES string of the molecule is Cc1cc(C)cc(NC(N)=NC2CC(N3CCC(C(F)(F)F)CC3)C2)c1. The monoisotopic (exact) mass is 368 g/mol. The number of piperidine rings is 1. The summed E-state index contributed by atoms with van der Waals surface area (Å²) in [5.74, 6) is -0.737. The number of hydrogen-bond donors (Lipinski definition) is 2. The highest BCUT2D eigenvalue weighted by Gasteiger charge is 2.43. The molecule has 1 saturated heterocycles. The van der Waals surface area contributed by atoms with Gasteiger partial charge in [-0.3, -0.25) is 0 Å². The van der Waals surface area contributed by atoms with Gasteiger partial charge in [-0.15, -0.1) is 0 Å². The highest BCUT2D eigenvalue weighted by molar-refractivity contribution is 5.92. The third kappa shape index (κ3) is 4.69. The molecule has 0 unspecified atom stereocenters. The molecule has 2 fully saturated rings. The number of nitrogens with zero attached hydrogens (tertiary/aromatic N) is 2. The number of aliphatic imine (C=N–C) groups is 1. The van der Waals surface area contributed by atoms with Crippen molar-refractivity contribution in [1.82, 2.24) is 4.90 Å². The van der Waals surface area contributed by atoms with Crippen molar-refractivity contribution < 1.29 is 13.2 Å². The Morgan fingerprint density at radius 2 is 1.69 bits per heavy atom. The topological polar surface area (TPSA) is 53.6 Å². The van der Waals surface area contributed by atoms with Crippen LogP contribution in [0.1, 0.15) is 36.8 Å². The van der Waals surface area contributed by atoms with E-state index in [1.165, 1.54) is 0 Å². The van der Waals surface area contributed by atoms with Crippen LogP contribution in [0.3, 0.4) is 0 Å². The fourth-order valence-corrected chi connectivity index (χ4v) is 3.98. The maximum absolute atomic E-state index is 12.7. The third-order valence-electron chi connectivity index (χ3n) is 5.41. The summed E-state index contributed by atoms with van der Waals surface area (Å²) in [7, 11) is 0. The van der Waals surface area contributed by atoms with E-state index >= 15 is 0 Å². The summed E-state index contributed by atoms with van der Waals surface area (Å²) in [6.07, 6.45) is -1.89. The van der Waals surface area contributed by atoms with Gasteiger partial charge in [0.15, 0.2) is 5.96 Å². The quantitative estimate of drug-likeness (QED) is 0.630. The van der Waals surface area contributed by atoms with E-state index in [0.29, 0.717) is 25.1 Å². The van der Waals surface area contributed by atoms with E-state index < -0.39 is 12.1 Å². The third-order valence-corrected chi connectivity index (χ3v) is 5.41. The summed E-state index contributed by atoms with van der Waals surface area (Å²) >= 11 is 0. The van der Waals surface area contributed by atoms with Crippen molar-refractivity contribution in [2.45, 2.75) is 57.8 Å². The lowest BCUT2D eigenvalue weighted by atomic mass is 9.83. The second kappa shape index (κ2) is 7.47. The van der Waals surface area contributed by atoms with Crippen molar-refractivity contribution in [2.24, 2.45) is 16.6 Å². The summed E-state index contributed by atoms with van der Waals surface area (Å²) < 4.78 is 38.2. The number of halogens is 3. The number of nitrogens with two attached hydrogens (primary N) is 1. The van der Waals surface area contributed by atoms with Gasteiger partial charge in [-0.05, 0) is 75.9 Å². The average molecular weight is 368 g/mol. The Labute approximate surface area is 152 Å². The molecule has 26 heavy (non-hydrogen) atoms. The number of aryl methyl sites for hydroxylation is 2. The van der Waals surface area contributed by atoms with E-state index in [4.69, 9.17) is 5.73 Å². The van der Waals surface area contributed by atoms with E-state index in [1.54, 1.807) is 0 Å². The summed E-state index contributed by atoms with van der Waals surface area (Å²) in [5, 5.41) is 3.13. The van der Waals surface area contributed by atoms with Crippen LogP contribution < -0.4 is 11.1 Å². The van der Waals surface area contributed by atoms with E-state index in [9.17, 15) is 13.2 Å². The van der Waals surface area contributed by atoms with E-state index in [-0.39, 0.29) is 18.9 Å². The normalized spacial score (nSPS) is 25.8. The van der Waals surface area contributed by atoms with Gasteiger partial charge in [0, 0.05) is 11.7 Å². The number of benzene rings is 1. The van der Waals surface area contributed by atoms with E-state index in [0.717, 1.165) is 29.7 Å². The predicted molar refractivity (Wildman–Crippen MR) is 98.3 cm³/mol. The number of hydrogen-bond acceptors (Lipinski definition) is 2. The number of anilines is 1. The Balaban J connectivity index is 1.45. The summed E-state index contributed by atoms with van der Waals surface area (Å²) in [4.78, 5) is 6.70. The fourth-order valence-electron chi connectivity index (χ4n) is 3.98. The van der Waals surface area contributed by atoms with Gasteiger partial charge in [0.2, 0.25) is 0 Å². The summed E-state index contributed by atoms with van der Waals surface area (Å²) in [5.41, 5.74) is 9.25. The highest BCUT2D eigenvalue weighted by Crippen LogP contribution is 2.37. The highest BCUT2D eigenvalue weighted by atomic mass is 19.4. The molecule has 0 bridgehead atoms. The Kier molecular flexibility index (Phi) is 5.46. The van der Waals surface area contributed by atoms with Gasteiger partial charge in [-0.2, -0.15) is 13.2 Å². The van der Waals surface area contributed by atoms with Gasteiger partial charge in [0.25, 0.3) is 0 Å². The van der Waals surface area contributed by atoms with Gasteiger partial charge in [0.05, 0.1) is 12.0 Å². The van der Waals surface area contributed by atoms with Crippen LogP contribution in [0.25, 0.3) is 0 Å². The average Bonchev–Trinajstić information content (AvgIpc) is 2.48. The zero-order valence-electron chi connectivity index (χ0n) is 15.3. The van der Waals surface area contributed by atoms with Crippen molar-refractivity contribution >= 4 is 11.6 Å². The van der Waals surface area contributed by atoms with Crippen LogP contribution in [0.15, 0.2) is 23.2 Å². The molecule has 0 amide bonds.